The van der Waals surface area contributed by atoms with E-state index in [9.17, 15) is 17.7 Å². The van der Waals surface area contributed by atoms with Crippen LogP contribution in [0.1, 0.15) is 45.1 Å². The molecule has 8 heteroatoms. The molecule has 19 heavy (non-hydrogen) atoms. The summed E-state index contributed by atoms with van der Waals surface area (Å²) in [6.07, 6.45) is -2.79. The van der Waals surface area contributed by atoms with Gasteiger partial charge in [0.05, 0.1) is 24.1 Å². The summed E-state index contributed by atoms with van der Waals surface area (Å²) in [6.45, 7) is 7.05. The van der Waals surface area contributed by atoms with Crippen molar-refractivity contribution >= 4 is 11.4 Å². The van der Waals surface area contributed by atoms with Crippen molar-refractivity contribution in [1.82, 2.24) is 14.7 Å². The number of hydrogen-bond donors (Lipinski definition) is 1. The SMILES string of the molecule is C[C@H](N[S+]([O-])C(C)(C)C)c1cnc(C(F)(F)F)cn1. The molecule has 0 aliphatic rings. The van der Waals surface area contributed by atoms with Gasteiger partial charge in [0.1, 0.15) is 4.75 Å². The Kier molecular flexibility index (Phi) is 4.81. The first-order valence-electron chi connectivity index (χ1n) is 5.59. The quantitative estimate of drug-likeness (QED) is 0.871. The van der Waals surface area contributed by atoms with Crippen molar-refractivity contribution < 1.29 is 17.7 Å². The fourth-order valence-corrected chi connectivity index (χ4v) is 1.90. The van der Waals surface area contributed by atoms with E-state index in [4.69, 9.17) is 0 Å². The van der Waals surface area contributed by atoms with Crippen molar-refractivity contribution in [3.63, 3.8) is 0 Å². The van der Waals surface area contributed by atoms with E-state index in [-0.39, 0.29) is 0 Å². The summed E-state index contributed by atoms with van der Waals surface area (Å²) >= 11 is -1.33. The number of hydrogen-bond acceptors (Lipinski definition) is 4. The van der Waals surface area contributed by atoms with Gasteiger partial charge in [0.15, 0.2) is 5.69 Å². The standard InChI is InChI=1S/C11H16F3N3OS/c1-7(17-19(18)10(2,3)4)8-5-16-9(6-15-8)11(12,13)14/h5-7,17H,1-4H3/t7-,19?/m0/s1. The molecule has 1 aromatic heterocycles. The van der Waals surface area contributed by atoms with Crippen molar-refractivity contribution in [2.75, 3.05) is 0 Å². The lowest BCUT2D eigenvalue weighted by atomic mass is 10.2. The summed E-state index contributed by atoms with van der Waals surface area (Å²) in [4.78, 5) is 7.01. The highest BCUT2D eigenvalue weighted by Gasteiger charge is 2.33. The van der Waals surface area contributed by atoms with E-state index in [1.165, 1.54) is 0 Å². The van der Waals surface area contributed by atoms with Gasteiger partial charge in [-0.15, -0.1) is 4.72 Å². The highest BCUT2D eigenvalue weighted by Crippen LogP contribution is 2.27. The van der Waals surface area contributed by atoms with Gasteiger partial charge in [0, 0.05) is 11.4 Å². The molecule has 108 valence electrons. The minimum atomic E-state index is -4.50. The van der Waals surface area contributed by atoms with E-state index in [2.05, 4.69) is 14.7 Å². The van der Waals surface area contributed by atoms with Crippen LogP contribution in [0.2, 0.25) is 0 Å². The van der Waals surface area contributed by atoms with E-state index in [0.717, 1.165) is 6.20 Å². The van der Waals surface area contributed by atoms with Crippen LogP contribution in [0.15, 0.2) is 12.4 Å². The Morgan fingerprint density at radius 3 is 2.16 bits per heavy atom. The fraction of sp³-hybridized carbons (Fsp3) is 0.636. The first-order valence-corrected chi connectivity index (χ1v) is 6.74. The molecule has 1 unspecified atom stereocenters. The Morgan fingerprint density at radius 2 is 1.79 bits per heavy atom. The molecule has 0 aliphatic carbocycles. The predicted octanol–water partition coefficient (Wildman–Crippen LogP) is 2.61. The van der Waals surface area contributed by atoms with Crippen molar-refractivity contribution in [2.24, 2.45) is 0 Å². The summed E-state index contributed by atoms with van der Waals surface area (Å²) in [5.74, 6) is 0. The van der Waals surface area contributed by atoms with Gasteiger partial charge < -0.3 is 4.55 Å². The van der Waals surface area contributed by atoms with Crippen LogP contribution < -0.4 is 4.72 Å². The van der Waals surface area contributed by atoms with Gasteiger partial charge in [-0.3, -0.25) is 4.98 Å². The van der Waals surface area contributed by atoms with Crippen LogP contribution in [0, 0.1) is 0 Å². The molecule has 0 saturated heterocycles. The average Bonchev–Trinajstić information content (AvgIpc) is 2.26. The zero-order valence-corrected chi connectivity index (χ0v) is 11.9. The molecule has 0 aliphatic heterocycles. The van der Waals surface area contributed by atoms with Gasteiger partial charge in [-0.25, -0.2) is 4.98 Å². The molecule has 0 saturated carbocycles. The number of rotatable bonds is 3. The van der Waals surface area contributed by atoms with Crippen LogP contribution >= 0.6 is 0 Å². The van der Waals surface area contributed by atoms with Crippen LogP contribution in [0.3, 0.4) is 0 Å². The molecule has 0 amide bonds. The van der Waals surface area contributed by atoms with Crippen molar-refractivity contribution in [3.8, 4) is 0 Å². The van der Waals surface area contributed by atoms with Crippen molar-refractivity contribution in [3.05, 3.63) is 23.8 Å². The van der Waals surface area contributed by atoms with Crippen LogP contribution in [-0.4, -0.2) is 19.3 Å². The lowest BCUT2D eigenvalue weighted by Gasteiger charge is -2.26. The van der Waals surface area contributed by atoms with Gasteiger partial charge in [0.2, 0.25) is 0 Å². The zero-order valence-electron chi connectivity index (χ0n) is 11.1. The summed E-state index contributed by atoms with van der Waals surface area (Å²) in [5, 5.41) is 0. The fourth-order valence-electron chi connectivity index (χ4n) is 1.11. The van der Waals surface area contributed by atoms with E-state index in [1.54, 1.807) is 27.7 Å². The third-order valence-electron chi connectivity index (χ3n) is 2.25. The Balaban J connectivity index is 2.76. The van der Waals surface area contributed by atoms with Gasteiger partial charge in [0.25, 0.3) is 0 Å². The minimum Gasteiger partial charge on any atom is -0.598 e. The molecule has 0 spiro atoms. The lowest BCUT2D eigenvalue weighted by molar-refractivity contribution is -0.141. The van der Waals surface area contributed by atoms with E-state index < -0.39 is 34.0 Å². The number of nitrogens with zero attached hydrogens (tertiary/aromatic N) is 2. The summed E-state index contributed by atoms with van der Waals surface area (Å²) in [5.41, 5.74) is -0.731. The van der Waals surface area contributed by atoms with Crippen molar-refractivity contribution in [2.45, 2.75) is 44.7 Å². The topological polar surface area (TPSA) is 60.9 Å². The predicted molar refractivity (Wildman–Crippen MR) is 66.5 cm³/mol. The molecule has 1 heterocycles. The maximum absolute atomic E-state index is 12.3. The maximum Gasteiger partial charge on any atom is 0.434 e. The Hall–Kier alpha value is -0.860. The molecule has 4 nitrogen and oxygen atoms in total. The monoisotopic (exact) mass is 295 g/mol. The smallest absolute Gasteiger partial charge is 0.434 e. The van der Waals surface area contributed by atoms with Gasteiger partial charge >= 0.3 is 6.18 Å². The number of alkyl halides is 3. The molecular formula is C11H16F3N3OS. The second-order valence-electron chi connectivity index (χ2n) is 5.04. The number of halogens is 3. The molecule has 0 aromatic carbocycles. The normalized spacial score (nSPS) is 16.2. The summed E-state index contributed by atoms with van der Waals surface area (Å²) in [6, 6.07) is -0.449. The molecule has 0 radical (unpaired) electrons. The molecular weight excluding hydrogens is 279 g/mol. The van der Waals surface area contributed by atoms with Gasteiger partial charge in [-0.2, -0.15) is 13.2 Å². The second kappa shape index (κ2) is 5.64. The highest BCUT2D eigenvalue weighted by atomic mass is 32.2. The Labute approximate surface area is 113 Å². The zero-order chi connectivity index (χ0) is 14.8. The lowest BCUT2D eigenvalue weighted by Crippen LogP contribution is -2.40. The molecule has 0 fully saturated rings. The average molecular weight is 295 g/mol. The largest absolute Gasteiger partial charge is 0.598 e. The van der Waals surface area contributed by atoms with E-state index in [1.807, 2.05) is 0 Å². The summed E-state index contributed by atoms with van der Waals surface area (Å²) < 4.78 is 51.1. The number of aromatic nitrogens is 2. The molecule has 2 atom stereocenters. The third-order valence-corrected chi connectivity index (χ3v) is 3.93. The van der Waals surface area contributed by atoms with E-state index >= 15 is 0 Å². The number of nitrogens with one attached hydrogen (secondary N) is 1. The summed E-state index contributed by atoms with van der Waals surface area (Å²) in [7, 11) is 0. The highest BCUT2D eigenvalue weighted by molar-refractivity contribution is 7.90. The van der Waals surface area contributed by atoms with Gasteiger partial charge in [-0.05, 0) is 27.7 Å². The molecule has 1 aromatic rings. The Morgan fingerprint density at radius 1 is 1.21 bits per heavy atom. The van der Waals surface area contributed by atoms with Crippen LogP contribution in [0.25, 0.3) is 0 Å². The van der Waals surface area contributed by atoms with Crippen molar-refractivity contribution in [1.29, 1.82) is 0 Å². The van der Waals surface area contributed by atoms with Gasteiger partial charge in [-0.1, -0.05) is 0 Å². The maximum atomic E-state index is 12.3. The first-order chi connectivity index (χ1) is 8.51. The molecule has 0 bridgehead atoms. The second-order valence-corrected chi connectivity index (χ2v) is 7.04. The molecule has 1 N–H and O–H groups in total. The van der Waals surface area contributed by atoms with Crippen LogP contribution in [0.4, 0.5) is 13.2 Å². The van der Waals surface area contributed by atoms with Crippen LogP contribution in [-0.2, 0) is 17.5 Å². The minimum absolute atomic E-state index is 0.311. The molecule has 1 rings (SSSR count). The first kappa shape index (κ1) is 16.2. The third kappa shape index (κ3) is 4.63. The Bertz CT molecular complexity index is 417. The van der Waals surface area contributed by atoms with Crippen LogP contribution in [0.5, 0.6) is 0 Å². The van der Waals surface area contributed by atoms with E-state index in [0.29, 0.717) is 11.9 Å².